The molecule has 2 rings (SSSR count). The number of rotatable bonds is 3. The van der Waals surface area contributed by atoms with Crippen molar-refractivity contribution in [2.75, 3.05) is 12.0 Å². The van der Waals surface area contributed by atoms with E-state index < -0.39 is 0 Å². The van der Waals surface area contributed by atoms with Gasteiger partial charge in [-0.1, -0.05) is 6.42 Å². The van der Waals surface area contributed by atoms with Crippen LogP contribution in [-0.2, 0) is 0 Å². The highest BCUT2D eigenvalue weighted by atomic mass is 32.2. The minimum Gasteiger partial charge on any atom is -0.397 e. The van der Waals surface area contributed by atoms with Crippen molar-refractivity contribution in [1.29, 1.82) is 0 Å². The number of nitrogens with zero attached hydrogens (tertiary/aromatic N) is 1. The minimum absolute atomic E-state index is 0.0518. The molecule has 0 bridgehead atoms. The van der Waals surface area contributed by atoms with Gasteiger partial charge in [0.15, 0.2) is 0 Å². The van der Waals surface area contributed by atoms with Crippen molar-refractivity contribution in [3.05, 3.63) is 23.5 Å². The number of amides is 1. The topological polar surface area (TPSA) is 68.0 Å². The summed E-state index contributed by atoms with van der Waals surface area (Å²) in [6.07, 6.45) is 8.29. The average molecular weight is 279 g/mol. The zero-order valence-electron chi connectivity index (χ0n) is 11.5. The van der Waals surface area contributed by atoms with Crippen molar-refractivity contribution < 1.29 is 4.79 Å². The number of aryl methyl sites for hydroxylation is 1. The number of carbonyl (C=O) groups is 1. The monoisotopic (exact) mass is 279 g/mol. The molecule has 19 heavy (non-hydrogen) atoms. The van der Waals surface area contributed by atoms with Crippen LogP contribution in [-0.4, -0.2) is 28.4 Å². The predicted molar refractivity (Wildman–Crippen MR) is 80.4 cm³/mol. The molecule has 4 nitrogen and oxygen atoms in total. The number of aromatic nitrogens is 1. The molecule has 1 aliphatic rings. The molecule has 1 amide bonds. The van der Waals surface area contributed by atoms with Crippen molar-refractivity contribution in [3.63, 3.8) is 0 Å². The van der Waals surface area contributed by atoms with Gasteiger partial charge in [0.2, 0.25) is 0 Å². The molecular weight excluding hydrogens is 258 g/mol. The van der Waals surface area contributed by atoms with Crippen molar-refractivity contribution in [2.45, 2.75) is 43.9 Å². The first-order chi connectivity index (χ1) is 9.10. The molecule has 1 saturated carbocycles. The van der Waals surface area contributed by atoms with Gasteiger partial charge >= 0.3 is 0 Å². The van der Waals surface area contributed by atoms with E-state index in [-0.39, 0.29) is 11.9 Å². The highest BCUT2D eigenvalue weighted by molar-refractivity contribution is 7.99. The highest BCUT2D eigenvalue weighted by Gasteiger charge is 2.23. The molecule has 1 aromatic rings. The van der Waals surface area contributed by atoms with E-state index >= 15 is 0 Å². The van der Waals surface area contributed by atoms with Crippen molar-refractivity contribution in [3.8, 4) is 0 Å². The number of nitrogen functional groups attached to an aromatic ring is 1. The molecule has 0 aliphatic heterocycles. The number of hydrogen-bond acceptors (Lipinski definition) is 4. The Morgan fingerprint density at radius 1 is 1.53 bits per heavy atom. The largest absolute Gasteiger partial charge is 0.397 e. The predicted octanol–water partition coefficient (Wildman–Crippen LogP) is 2.38. The van der Waals surface area contributed by atoms with E-state index in [1.807, 2.05) is 18.7 Å². The van der Waals surface area contributed by atoms with Crippen molar-refractivity contribution in [2.24, 2.45) is 0 Å². The Morgan fingerprint density at radius 2 is 2.32 bits per heavy atom. The van der Waals surface area contributed by atoms with Gasteiger partial charge < -0.3 is 11.1 Å². The summed E-state index contributed by atoms with van der Waals surface area (Å²) >= 11 is 1.89. The van der Waals surface area contributed by atoms with E-state index in [1.54, 1.807) is 12.3 Å². The fourth-order valence-corrected chi connectivity index (χ4v) is 3.36. The van der Waals surface area contributed by atoms with Crippen molar-refractivity contribution in [1.82, 2.24) is 10.3 Å². The van der Waals surface area contributed by atoms with Crippen LogP contribution in [0.25, 0.3) is 0 Å². The maximum absolute atomic E-state index is 12.3. The van der Waals surface area contributed by atoms with Gasteiger partial charge in [-0.3, -0.25) is 9.78 Å². The summed E-state index contributed by atoms with van der Waals surface area (Å²) in [5.41, 5.74) is 7.54. The Hall–Kier alpha value is -1.23. The van der Waals surface area contributed by atoms with Gasteiger partial charge in [-0.2, -0.15) is 11.8 Å². The maximum atomic E-state index is 12.3. The first kappa shape index (κ1) is 14.2. The molecule has 0 aromatic carbocycles. The first-order valence-corrected chi connectivity index (χ1v) is 7.94. The lowest BCUT2D eigenvalue weighted by Gasteiger charge is -2.28. The smallest absolute Gasteiger partial charge is 0.253 e. The van der Waals surface area contributed by atoms with Gasteiger partial charge in [0.1, 0.15) is 0 Å². The van der Waals surface area contributed by atoms with Gasteiger partial charge in [0.25, 0.3) is 5.91 Å². The number of pyridine rings is 1. The van der Waals surface area contributed by atoms with E-state index in [0.717, 1.165) is 18.5 Å². The molecule has 1 heterocycles. The second-order valence-electron chi connectivity index (χ2n) is 5.10. The third-order valence-electron chi connectivity index (χ3n) is 3.65. The zero-order chi connectivity index (χ0) is 13.8. The van der Waals surface area contributed by atoms with Crippen LogP contribution < -0.4 is 11.1 Å². The number of carbonyl (C=O) groups excluding carboxylic acids is 1. The molecular formula is C14H21N3OS. The summed E-state index contributed by atoms with van der Waals surface area (Å²) in [7, 11) is 0. The normalized spacial score (nSPS) is 23.1. The number of anilines is 1. The second-order valence-corrected chi connectivity index (χ2v) is 6.23. The van der Waals surface area contributed by atoms with E-state index in [0.29, 0.717) is 16.5 Å². The Kier molecular flexibility index (Phi) is 4.69. The van der Waals surface area contributed by atoms with E-state index in [4.69, 9.17) is 5.73 Å². The Morgan fingerprint density at radius 3 is 3.05 bits per heavy atom. The number of nitrogens with two attached hydrogens (primary N) is 1. The van der Waals surface area contributed by atoms with Gasteiger partial charge in [-0.15, -0.1) is 0 Å². The maximum Gasteiger partial charge on any atom is 0.253 e. The van der Waals surface area contributed by atoms with Gasteiger partial charge in [0, 0.05) is 11.3 Å². The summed E-state index contributed by atoms with van der Waals surface area (Å²) in [5, 5.41) is 3.79. The minimum atomic E-state index is -0.0518. The van der Waals surface area contributed by atoms with E-state index in [1.165, 1.54) is 12.8 Å². The fraction of sp³-hybridized carbons (Fsp3) is 0.571. The van der Waals surface area contributed by atoms with Gasteiger partial charge in [-0.25, -0.2) is 0 Å². The van der Waals surface area contributed by atoms with Crippen LogP contribution in [0.2, 0.25) is 0 Å². The average Bonchev–Trinajstić information content (AvgIpc) is 2.41. The molecule has 3 N–H and O–H groups in total. The Balaban J connectivity index is 2.02. The van der Waals surface area contributed by atoms with Gasteiger partial charge in [-0.05, 0) is 38.5 Å². The molecule has 5 heteroatoms. The lowest BCUT2D eigenvalue weighted by Crippen LogP contribution is -2.39. The molecule has 0 saturated heterocycles. The summed E-state index contributed by atoms with van der Waals surface area (Å²) in [6.45, 7) is 1.83. The quantitative estimate of drug-likeness (QED) is 0.891. The number of nitrogens with one attached hydrogen (secondary N) is 1. The molecule has 104 valence electrons. The fourth-order valence-electron chi connectivity index (χ4n) is 2.53. The SMILES string of the molecule is CSC1CCCC(NC(=O)c2cc(N)cnc2C)C1. The second kappa shape index (κ2) is 6.28. The molecule has 1 aromatic heterocycles. The summed E-state index contributed by atoms with van der Waals surface area (Å²) < 4.78 is 0. The third-order valence-corrected chi connectivity index (χ3v) is 4.74. The molecule has 1 fully saturated rings. The molecule has 1 aliphatic carbocycles. The van der Waals surface area contributed by atoms with Gasteiger partial charge in [0.05, 0.1) is 23.1 Å². The van der Waals surface area contributed by atoms with E-state index in [9.17, 15) is 4.79 Å². The first-order valence-electron chi connectivity index (χ1n) is 6.66. The van der Waals surface area contributed by atoms with Crippen LogP contribution in [0.15, 0.2) is 12.3 Å². The summed E-state index contributed by atoms with van der Waals surface area (Å²) in [6, 6.07) is 1.98. The standard InChI is InChI=1S/C14H21N3OS/c1-9-13(6-10(15)8-16-9)14(18)17-11-4-3-5-12(7-11)19-2/h6,8,11-12H,3-5,7,15H2,1-2H3,(H,17,18). The van der Waals surface area contributed by atoms with Crippen molar-refractivity contribution >= 4 is 23.4 Å². The Labute approximate surface area is 118 Å². The molecule has 0 spiro atoms. The number of thioether (sulfide) groups is 1. The van der Waals surface area contributed by atoms with Crippen LogP contribution >= 0.6 is 11.8 Å². The summed E-state index contributed by atoms with van der Waals surface area (Å²) in [5.74, 6) is -0.0518. The number of hydrogen-bond donors (Lipinski definition) is 2. The lowest BCUT2D eigenvalue weighted by atomic mass is 9.94. The zero-order valence-corrected chi connectivity index (χ0v) is 12.3. The van der Waals surface area contributed by atoms with Crippen LogP contribution in [0.3, 0.4) is 0 Å². The molecule has 2 atom stereocenters. The molecule has 2 unspecified atom stereocenters. The van der Waals surface area contributed by atoms with Crippen LogP contribution in [0.1, 0.15) is 41.7 Å². The summed E-state index contributed by atoms with van der Waals surface area (Å²) in [4.78, 5) is 16.4. The van der Waals surface area contributed by atoms with Crippen LogP contribution in [0.4, 0.5) is 5.69 Å². The van der Waals surface area contributed by atoms with E-state index in [2.05, 4.69) is 16.6 Å². The van der Waals surface area contributed by atoms with Crippen LogP contribution in [0, 0.1) is 6.92 Å². The third kappa shape index (κ3) is 3.62. The Bertz CT molecular complexity index is 464. The van der Waals surface area contributed by atoms with Crippen LogP contribution in [0.5, 0.6) is 0 Å². The molecule has 0 radical (unpaired) electrons. The highest BCUT2D eigenvalue weighted by Crippen LogP contribution is 2.27. The lowest BCUT2D eigenvalue weighted by molar-refractivity contribution is 0.0927.